The molecule has 2 aromatic carbocycles. The molecule has 3 rings (SSSR count). The molecule has 0 saturated carbocycles. The number of rotatable bonds is 2. The number of nitrogens with two attached hydrogens (primary N) is 1. The van der Waals surface area contributed by atoms with Gasteiger partial charge in [-0.05, 0) is 42.5 Å². The van der Waals surface area contributed by atoms with Crippen LogP contribution in [0, 0.1) is 5.41 Å². The van der Waals surface area contributed by atoms with Gasteiger partial charge in [0.15, 0.2) is 0 Å². The van der Waals surface area contributed by atoms with Gasteiger partial charge >= 0.3 is 12.1 Å². The van der Waals surface area contributed by atoms with Crippen molar-refractivity contribution in [1.29, 1.82) is 5.41 Å². The second-order valence-corrected chi connectivity index (χ2v) is 6.23. The molecule has 0 aliphatic heterocycles. The van der Waals surface area contributed by atoms with E-state index in [-0.39, 0.29) is 5.84 Å². The Bertz CT molecular complexity index is 996. The van der Waals surface area contributed by atoms with Crippen LogP contribution in [0.2, 0.25) is 10.0 Å². The number of hydrogen-bond acceptors (Lipinski definition) is 2. The summed E-state index contributed by atoms with van der Waals surface area (Å²) in [5.41, 5.74) is 9.02. The van der Waals surface area contributed by atoms with E-state index in [2.05, 4.69) is 4.98 Å². The highest BCUT2D eigenvalue weighted by molar-refractivity contribution is 6.35. The van der Waals surface area contributed by atoms with Crippen LogP contribution in [-0.2, 0) is 4.79 Å². The summed E-state index contributed by atoms with van der Waals surface area (Å²) in [5.74, 6) is -2.70. The lowest BCUT2D eigenvalue weighted by atomic mass is 10.1. The monoisotopic (exact) mass is 417 g/mol. The Balaban J connectivity index is 0.000000321. The van der Waals surface area contributed by atoms with Gasteiger partial charge in [0.2, 0.25) is 0 Å². The third-order valence-corrected chi connectivity index (χ3v) is 3.78. The van der Waals surface area contributed by atoms with Crippen molar-refractivity contribution in [2.45, 2.75) is 6.18 Å². The normalized spacial score (nSPS) is 11.0. The van der Waals surface area contributed by atoms with Gasteiger partial charge in [0, 0.05) is 37.8 Å². The topological polar surface area (TPSA) is 103 Å². The number of alkyl halides is 3. The summed E-state index contributed by atoms with van der Waals surface area (Å²) in [7, 11) is 0. The number of H-pyrrole nitrogens is 1. The fraction of sp³-hybridized carbons (Fsp3) is 0.0588. The van der Waals surface area contributed by atoms with Crippen molar-refractivity contribution in [3.05, 3.63) is 58.1 Å². The van der Waals surface area contributed by atoms with Crippen LogP contribution < -0.4 is 5.73 Å². The predicted molar refractivity (Wildman–Crippen MR) is 98.5 cm³/mol. The fourth-order valence-electron chi connectivity index (χ4n) is 2.17. The summed E-state index contributed by atoms with van der Waals surface area (Å²) in [6.07, 6.45) is -5.08. The maximum absolute atomic E-state index is 10.6. The first kappa shape index (κ1) is 20.6. The maximum atomic E-state index is 10.6. The van der Waals surface area contributed by atoms with E-state index >= 15 is 0 Å². The standard InChI is InChI=1S/C15H11Cl2N3.C2HF3O2/c16-11-4-10(5-12(17)7-11)14-6-9-3-8(15(18)19)1-2-13(9)20-14;3-2(4,5)1(6)7/h1-7,20H,(H3,18,19);(H,6,7). The Morgan fingerprint density at radius 2 is 1.63 bits per heavy atom. The number of nitrogen functional groups attached to an aromatic ring is 1. The summed E-state index contributed by atoms with van der Waals surface area (Å²) in [6.45, 7) is 0. The molecule has 0 bridgehead atoms. The van der Waals surface area contributed by atoms with Gasteiger partial charge < -0.3 is 15.8 Å². The van der Waals surface area contributed by atoms with Crippen LogP contribution in [0.3, 0.4) is 0 Å². The average molecular weight is 418 g/mol. The van der Waals surface area contributed by atoms with E-state index < -0.39 is 12.1 Å². The zero-order valence-electron chi connectivity index (χ0n) is 13.4. The molecule has 5 nitrogen and oxygen atoms in total. The number of nitrogens with one attached hydrogen (secondary N) is 2. The number of aliphatic carboxylic acids is 1. The van der Waals surface area contributed by atoms with Gasteiger partial charge in [0.25, 0.3) is 0 Å². The molecular weight excluding hydrogens is 406 g/mol. The largest absolute Gasteiger partial charge is 0.490 e. The van der Waals surface area contributed by atoms with Gasteiger partial charge in [0.1, 0.15) is 5.84 Å². The van der Waals surface area contributed by atoms with Crippen LogP contribution >= 0.6 is 23.2 Å². The van der Waals surface area contributed by atoms with E-state index in [0.29, 0.717) is 15.6 Å². The highest BCUT2D eigenvalue weighted by Gasteiger charge is 2.38. The molecule has 27 heavy (non-hydrogen) atoms. The van der Waals surface area contributed by atoms with Crippen molar-refractivity contribution in [2.75, 3.05) is 0 Å². The van der Waals surface area contributed by atoms with Gasteiger partial charge in [-0.25, -0.2) is 4.79 Å². The molecule has 0 radical (unpaired) electrons. The number of aromatic nitrogens is 1. The number of carboxylic acids is 1. The number of benzene rings is 2. The Morgan fingerprint density at radius 3 is 2.11 bits per heavy atom. The minimum Gasteiger partial charge on any atom is -0.475 e. The third kappa shape index (κ3) is 5.38. The van der Waals surface area contributed by atoms with E-state index in [1.807, 2.05) is 36.4 Å². The molecule has 0 aliphatic carbocycles. The van der Waals surface area contributed by atoms with Crippen LogP contribution in [-0.4, -0.2) is 28.1 Å². The first-order valence-electron chi connectivity index (χ1n) is 7.21. The van der Waals surface area contributed by atoms with Crippen molar-refractivity contribution in [2.24, 2.45) is 5.73 Å². The second kappa shape index (κ2) is 7.89. The van der Waals surface area contributed by atoms with Crippen molar-refractivity contribution in [3.63, 3.8) is 0 Å². The zero-order valence-corrected chi connectivity index (χ0v) is 14.9. The van der Waals surface area contributed by atoms with E-state index in [1.54, 1.807) is 6.07 Å². The highest BCUT2D eigenvalue weighted by Crippen LogP contribution is 2.29. The summed E-state index contributed by atoms with van der Waals surface area (Å²) >= 11 is 12.0. The van der Waals surface area contributed by atoms with Gasteiger partial charge in [-0.1, -0.05) is 23.2 Å². The van der Waals surface area contributed by atoms with Crippen LogP contribution in [0.15, 0.2) is 42.5 Å². The number of carbonyl (C=O) groups is 1. The Kier molecular flexibility index (Phi) is 6.02. The summed E-state index contributed by atoms with van der Waals surface area (Å²) in [6, 6.07) is 13.0. The van der Waals surface area contributed by atoms with Crippen molar-refractivity contribution in [3.8, 4) is 11.3 Å². The Hall–Kier alpha value is -2.71. The van der Waals surface area contributed by atoms with Gasteiger partial charge in [-0.3, -0.25) is 5.41 Å². The molecule has 1 heterocycles. The minimum atomic E-state index is -5.08. The first-order valence-corrected chi connectivity index (χ1v) is 7.96. The molecule has 0 aliphatic rings. The van der Waals surface area contributed by atoms with Gasteiger partial charge in [0.05, 0.1) is 0 Å². The molecule has 0 atom stereocenters. The van der Waals surface area contributed by atoms with E-state index in [9.17, 15) is 13.2 Å². The average Bonchev–Trinajstić information content (AvgIpc) is 2.96. The SMILES string of the molecule is N=C(N)c1ccc2[nH]c(-c3cc(Cl)cc(Cl)c3)cc2c1.O=C(O)C(F)(F)F. The maximum Gasteiger partial charge on any atom is 0.490 e. The predicted octanol–water partition coefficient (Wildman–Crippen LogP) is 5.06. The molecule has 0 amide bonds. The van der Waals surface area contributed by atoms with Crippen LogP contribution in [0.1, 0.15) is 5.56 Å². The lowest BCUT2D eigenvalue weighted by Crippen LogP contribution is -2.21. The number of aromatic amines is 1. The minimum absolute atomic E-state index is 0.0560. The number of amidine groups is 1. The molecule has 0 unspecified atom stereocenters. The van der Waals surface area contributed by atoms with Crippen molar-refractivity contribution < 1.29 is 23.1 Å². The van der Waals surface area contributed by atoms with E-state index in [0.717, 1.165) is 22.2 Å². The molecule has 0 spiro atoms. The van der Waals surface area contributed by atoms with Crippen LogP contribution in [0.5, 0.6) is 0 Å². The number of fused-ring (bicyclic) bond motifs is 1. The van der Waals surface area contributed by atoms with Gasteiger partial charge in [-0.2, -0.15) is 13.2 Å². The molecule has 10 heteroatoms. The van der Waals surface area contributed by atoms with Crippen molar-refractivity contribution in [1.82, 2.24) is 4.98 Å². The quantitative estimate of drug-likeness (QED) is 0.346. The second-order valence-electron chi connectivity index (χ2n) is 5.36. The van der Waals surface area contributed by atoms with Crippen molar-refractivity contribution >= 4 is 45.9 Å². The number of carboxylic acid groups (broad SMARTS) is 1. The smallest absolute Gasteiger partial charge is 0.475 e. The summed E-state index contributed by atoms with van der Waals surface area (Å²) in [4.78, 5) is 12.2. The molecule has 0 saturated heterocycles. The third-order valence-electron chi connectivity index (χ3n) is 3.35. The zero-order chi connectivity index (χ0) is 20.4. The highest BCUT2D eigenvalue weighted by atomic mass is 35.5. The lowest BCUT2D eigenvalue weighted by molar-refractivity contribution is -0.192. The molecule has 5 N–H and O–H groups in total. The fourth-order valence-corrected chi connectivity index (χ4v) is 2.69. The van der Waals surface area contributed by atoms with E-state index in [1.165, 1.54) is 0 Å². The summed E-state index contributed by atoms with van der Waals surface area (Å²) < 4.78 is 31.7. The summed E-state index contributed by atoms with van der Waals surface area (Å²) in [5, 5.41) is 16.8. The number of halogens is 5. The van der Waals surface area contributed by atoms with Crippen LogP contribution in [0.25, 0.3) is 22.2 Å². The van der Waals surface area contributed by atoms with Crippen LogP contribution in [0.4, 0.5) is 13.2 Å². The Labute approximate surface area is 161 Å². The first-order chi connectivity index (χ1) is 12.5. The van der Waals surface area contributed by atoms with Gasteiger partial charge in [-0.15, -0.1) is 0 Å². The van der Waals surface area contributed by atoms with E-state index in [4.69, 9.17) is 44.2 Å². The lowest BCUT2D eigenvalue weighted by Gasteiger charge is -2.00. The molecule has 142 valence electrons. The molecular formula is C17H12Cl2F3N3O2. The Morgan fingerprint density at radius 1 is 1.07 bits per heavy atom. The number of hydrogen-bond donors (Lipinski definition) is 4. The molecule has 1 aromatic heterocycles. The molecule has 3 aromatic rings. The molecule has 0 fully saturated rings.